The van der Waals surface area contributed by atoms with Crippen molar-refractivity contribution in [2.45, 2.75) is 9.99 Å². The van der Waals surface area contributed by atoms with Gasteiger partial charge in [-0.1, -0.05) is 42.1 Å². The number of hydrogen-bond acceptors (Lipinski definition) is 5. The lowest BCUT2D eigenvalue weighted by atomic mass is 10.2. The molecular weight excluding hydrogens is 350 g/mol. The van der Waals surface area contributed by atoms with Crippen LogP contribution in [-0.2, 0) is 0 Å². The SMILES string of the molecule is O=c1[nH]c2ccccc2c(=O)n1N=Cc1ccc(Sc2ccccc2)o1. The lowest BCUT2D eigenvalue weighted by Crippen LogP contribution is -2.32. The first-order valence-electron chi connectivity index (χ1n) is 7.82. The number of H-pyrrole nitrogens is 1. The highest BCUT2D eigenvalue weighted by Gasteiger charge is 2.06. The summed E-state index contributed by atoms with van der Waals surface area (Å²) in [5.41, 5.74) is -0.602. The number of para-hydroxylation sites is 1. The predicted octanol–water partition coefficient (Wildman–Crippen LogP) is 3.32. The second kappa shape index (κ2) is 6.89. The molecule has 2 aromatic carbocycles. The van der Waals surface area contributed by atoms with E-state index >= 15 is 0 Å². The van der Waals surface area contributed by atoms with E-state index in [9.17, 15) is 9.59 Å². The van der Waals surface area contributed by atoms with E-state index in [1.165, 1.54) is 18.0 Å². The fourth-order valence-corrected chi connectivity index (χ4v) is 3.24. The molecule has 2 heterocycles. The number of furan rings is 1. The second-order valence-corrected chi connectivity index (χ2v) is 6.49. The molecule has 4 rings (SSSR count). The van der Waals surface area contributed by atoms with Crippen LogP contribution >= 0.6 is 11.8 Å². The van der Waals surface area contributed by atoms with E-state index in [-0.39, 0.29) is 0 Å². The number of fused-ring (bicyclic) bond motifs is 1. The number of aromatic nitrogens is 2. The quantitative estimate of drug-likeness (QED) is 0.564. The zero-order valence-electron chi connectivity index (χ0n) is 13.5. The Labute approximate surface area is 151 Å². The van der Waals surface area contributed by atoms with Gasteiger partial charge in [0.25, 0.3) is 5.56 Å². The summed E-state index contributed by atoms with van der Waals surface area (Å²) in [6.07, 6.45) is 1.35. The second-order valence-electron chi connectivity index (χ2n) is 5.41. The zero-order valence-corrected chi connectivity index (χ0v) is 14.3. The smallest absolute Gasteiger partial charge is 0.349 e. The number of nitrogens with one attached hydrogen (secondary N) is 1. The van der Waals surface area contributed by atoms with E-state index in [1.807, 2.05) is 36.4 Å². The van der Waals surface area contributed by atoms with Crippen LogP contribution in [0.5, 0.6) is 0 Å². The summed E-state index contributed by atoms with van der Waals surface area (Å²) < 4.78 is 6.45. The van der Waals surface area contributed by atoms with Crippen LogP contribution < -0.4 is 11.2 Å². The normalized spacial score (nSPS) is 11.4. The minimum atomic E-state index is -0.601. The van der Waals surface area contributed by atoms with Gasteiger partial charge >= 0.3 is 5.69 Å². The average Bonchev–Trinajstić information content (AvgIpc) is 3.10. The molecule has 0 spiro atoms. The van der Waals surface area contributed by atoms with Crippen LogP contribution in [0.4, 0.5) is 0 Å². The van der Waals surface area contributed by atoms with Crippen molar-refractivity contribution >= 4 is 28.9 Å². The molecule has 7 heteroatoms. The maximum atomic E-state index is 12.4. The maximum absolute atomic E-state index is 12.4. The molecule has 0 atom stereocenters. The molecule has 0 aliphatic rings. The van der Waals surface area contributed by atoms with E-state index < -0.39 is 11.2 Å². The van der Waals surface area contributed by atoms with Gasteiger partial charge in [0.1, 0.15) is 5.76 Å². The van der Waals surface area contributed by atoms with Gasteiger partial charge in [0, 0.05) is 4.90 Å². The van der Waals surface area contributed by atoms with E-state index in [0.717, 1.165) is 9.57 Å². The molecule has 0 saturated carbocycles. The topological polar surface area (TPSA) is 80.4 Å². The molecule has 0 aliphatic heterocycles. The molecule has 6 nitrogen and oxygen atoms in total. The van der Waals surface area contributed by atoms with Crippen molar-refractivity contribution in [2.75, 3.05) is 0 Å². The van der Waals surface area contributed by atoms with Crippen molar-refractivity contribution in [1.29, 1.82) is 0 Å². The molecule has 0 fully saturated rings. The molecule has 0 amide bonds. The number of benzene rings is 2. The number of aromatic amines is 1. The van der Waals surface area contributed by atoms with Gasteiger partial charge in [-0.2, -0.15) is 5.10 Å². The van der Waals surface area contributed by atoms with Gasteiger partial charge in [-0.05, 0) is 36.4 Å². The third-order valence-corrected chi connectivity index (χ3v) is 4.58. The van der Waals surface area contributed by atoms with Gasteiger partial charge in [-0.3, -0.25) is 4.79 Å². The Kier molecular flexibility index (Phi) is 4.28. The first-order chi connectivity index (χ1) is 12.7. The van der Waals surface area contributed by atoms with Crippen LogP contribution in [0.3, 0.4) is 0 Å². The van der Waals surface area contributed by atoms with Crippen LogP contribution in [0.2, 0.25) is 0 Å². The van der Waals surface area contributed by atoms with Crippen molar-refractivity contribution in [3.8, 4) is 0 Å². The highest BCUT2D eigenvalue weighted by Crippen LogP contribution is 2.28. The summed E-state index contributed by atoms with van der Waals surface area (Å²) >= 11 is 1.47. The van der Waals surface area contributed by atoms with Crippen molar-refractivity contribution in [2.24, 2.45) is 5.10 Å². The third kappa shape index (κ3) is 3.25. The number of rotatable bonds is 4. The number of hydrogen-bond donors (Lipinski definition) is 1. The van der Waals surface area contributed by atoms with E-state index in [4.69, 9.17) is 4.42 Å². The molecule has 2 aromatic heterocycles. The third-order valence-electron chi connectivity index (χ3n) is 3.65. The molecule has 26 heavy (non-hydrogen) atoms. The average molecular weight is 363 g/mol. The molecule has 1 N–H and O–H groups in total. The van der Waals surface area contributed by atoms with Crippen LogP contribution in [-0.4, -0.2) is 15.9 Å². The van der Waals surface area contributed by atoms with Crippen molar-refractivity contribution in [3.05, 3.63) is 93.3 Å². The Bertz CT molecular complexity index is 1210. The molecule has 128 valence electrons. The monoisotopic (exact) mass is 363 g/mol. The Balaban J connectivity index is 1.62. The fourth-order valence-electron chi connectivity index (χ4n) is 2.44. The standard InChI is InChI=1S/C19H13N3O3S/c23-18-15-8-4-5-9-16(15)21-19(24)22(18)20-12-13-10-11-17(25-13)26-14-6-2-1-3-7-14/h1-12H,(H,21,24). The highest BCUT2D eigenvalue weighted by molar-refractivity contribution is 7.99. The Morgan fingerprint density at radius 3 is 2.58 bits per heavy atom. The van der Waals surface area contributed by atoms with Crippen LogP contribution in [0.15, 0.2) is 95.8 Å². The minimum Gasteiger partial charge on any atom is -0.448 e. The summed E-state index contributed by atoms with van der Waals surface area (Å²) in [5.74, 6) is 0.447. The van der Waals surface area contributed by atoms with Gasteiger partial charge in [0.05, 0.1) is 17.1 Å². The lowest BCUT2D eigenvalue weighted by Gasteiger charge is -2.00. The van der Waals surface area contributed by atoms with Gasteiger partial charge in [-0.15, -0.1) is 4.68 Å². The minimum absolute atomic E-state index is 0.393. The Morgan fingerprint density at radius 1 is 0.962 bits per heavy atom. The van der Waals surface area contributed by atoms with Gasteiger partial charge < -0.3 is 9.40 Å². The van der Waals surface area contributed by atoms with Gasteiger partial charge in [0.15, 0.2) is 5.09 Å². The largest absolute Gasteiger partial charge is 0.448 e. The first kappa shape index (κ1) is 16.2. The zero-order chi connectivity index (χ0) is 17.9. The van der Waals surface area contributed by atoms with Crippen molar-refractivity contribution in [3.63, 3.8) is 0 Å². The van der Waals surface area contributed by atoms with Gasteiger partial charge in [-0.25, -0.2) is 4.79 Å². The molecular formula is C19H13N3O3S. The summed E-state index contributed by atoms with van der Waals surface area (Å²) in [5, 5.41) is 5.06. The predicted molar refractivity (Wildman–Crippen MR) is 101 cm³/mol. The molecule has 0 unspecified atom stereocenters. The van der Waals surface area contributed by atoms with E-state index in [0.29, 0.717) is 21.8 Å². The summed E-state index contributed by atoms with van der Waals surface area (Å²) in [6, 6.07) is 20.1. The Morgan fingerprint density at radius 2 is 1.73 bits per heavy atom. The summed E-state index contributed by atoms with van der Waals surface area (Å²) in [7, 11) is 0. The van der Waals surface area contributed by atoms with E-state index in [1.54, 1.807) is 30.3 Å². The van der Waals surface area contributed by atoms with Gasteiger partial charge in [0.2, 0.25) is 0 Å². The Hall–Kier alpha value is -3.32. The van der Waals surface area contributed by atoms with Crippen molar-refractivity contribution < 1.29 is 4.42 Å². The summed E-state index contributed by atoms with van der Waals surface area (Å²) in [4.78, 5) is 28.2. The summed E-state index contributed by atoms with van der Waals surface area (Å²) in [6.45, 7) is 0. The van der Waals surface area contributed by atoms with Crippen LogP contribution in [0.25, 0.3) is 10.9 Å². The molecule has 0 saturated heterocycles. The lowest BCUT2D eigenvalue weighted by molar-refractivity contribution is 0.468. The maximum Gasteiger partial charge on any atom is 0.349 e. The first-order valence-corrected chi connectivity index (χ1v) is 8.63. The van der Waals surface area contributed by atoms with E-state index in [2.05, 4.69) is 10.1 Å². The van der Waals surface area contributed by atoms with Crippen LogP contribution in [0, 0.1) is 0 Å². The molecule has 0 radical (unpaired) electrons. The van der Waals surface area contributed by atoms with Crippen LogP contribution in [0.1, 0.15) is 5.76 Å². The molecule has 4 aromatic rings. The van der Waals surface area contributed by atoms with Crippen molar-refractivity contribution in [1.82, 2.24) is 9.66 Å². The molecule has 0 aliphatic carbocycles. The number of nitrogens with zero attached hydrogens (tertiary/aromatic N) is 2. The highest BCUT2D eigenvalue weighted by atomic mass is 32.2. The molecule has 0 bridgehead atoms. The fraction of sp³-hybridized carbons (Fsp3) is 0.